The molecule has 1 atom stereocenters. The Kier molecular flexibility index (Phi) is 7.34. The number of aromatic nitrogens is 1. The lowest BCUT2D eigenvalue weighted by Gasteiger charge is -2.25. The monoisotopic (exact) mass is 763 g/mol. The van der Waals surface area contributed by atoms with Crippen LogP contribution < -0.4 is 5.32 Å². The molecule has 57 heavy (non-hydrogen) atoms. The summed E-state index contributed by atoms with van der Waals surface area (Å²) in [5, 5.41) is 11.4. The van der Waals surface area contributed by atoms with Crippen LogP contribution in [0.2, 0.25) is 0 Å². The third kappa shape index (κ3) is 5.20. The molecule has 11 aromatic rings. The minimum absolute atomic E-state index is 0.212. The number of nitrogens with zero attached hydrogens (tertiary/aromatic N) is 2. The van der Waals surface area contributed by atoms with E-state index >= 15 is 0 Å². The van der Waals surface area contributed by atoms with Gasteiger partial charge in [0.1, 0.15) is 6.17 Å². The van der Waals surface area contributed by atoms with Crippen LogP contribution in [0.25, 0.3) is 84.7 Å². The van der Waals surface area contributed by atoms with Gasteiger partial charge in [-0.2, -0.15) is 0 Å². The molecule has 0 fully saturated rings. The van der Waals surface area contributed by atoms with Gasteiger partial charge in [-0.05, 0) is 53.6 Å². The van der Waals surface area contributed by atoms with Gasteiger partial charge in [-0.15, -0.1) is 22.7 Å². The quantitative estimate of drug-likeness (QED) is 0.186. The first kappa shape index (κ1) is 32.5. The zero-order valence-electron chi connectivity index (χ0n) is 30.7. The topological polar surface area (TPSA) is 29.3 Å². The standard InChI is InChI=1S/C52H33N3S2/c1-3-14-32(15-4-1)44-31-45(54-52(53-44)33-16-5-2-6-17-33)34-26-27-37-36-18-7-10-23-46(36)55(47(37)28-34)35-29-42-39-20-9-12-25-49(39)57-51(42)43(30-35)41-22-13-21-40-38-19-8-11-24-48(38)56-50(40)41/h1-31,52-53H. The van der Waals surface area contributed by atoms with Gasteiger partial charge >= 0.3 is 0 Å². The lowest BCUT2D eigenvalue weighted by Crippen LogP contribution is -2.24. The molecule has 0 aliphatic carbocycles. The summed E-state index contributed by atoms with van der Waals surface area (Å²) in [6.07, 6.45) is 1.99. The first-order valence-corrected chi connectivity index (χ1v) is 20.9. The minimum Gasteiger partial charge on any atom is -0.360 e. The van der Waals surface area contributed by atoms with Gasteiger partial charge in [0.2, 0.25) is 0 Å². The van der Waals surface area contributed by atoms with E-state index in [1.807, 2.05) is 22.7 Å². The minimum atomic E-state index is -0.212. The van der Waals surface area contributed by atoms with E-state index in [1.54, 1.807) is 0 Å². The summed E-state index contributed by atoms with van der Waals surface area (Å²) in [5.74, 6) is 0. The second-order valence-corrected chi connectivity index (χ2v) is 16.8. The lowest BCUT2D eigenvalue weighted by atomic mass is 9.99. The average Bonchev–Trinajstić information content (AvgIpc) is 3.96. The van der Waals surface area contributed by atoms with Gasteiger partial charge in [0.25, 0.3) is 0 Å². The van der Waals surface area contributed by atoms with Crippen molar-refractivity contribution in [2.24, 2.45) is 4.99 Å². The van der Waals surface area contributed by atoms with Crippen LogP contribution in [0, 0.1) is 0 Å². The van der Waals surface area contributed by atoms with E-state index in [1.165, 1.54) is 67.8 Å². The van der Waals surface area contributed by atoms with Crippen molar-refractivity contribution in [1.29, 1.82) is 0 Å². The second-order valence-electron chi connectivity index (χ2n) is 14.7. The smallest absolute Gasteiger partial charge is 0.145 e. The van der Waals surface area contributed by atoms with Gasteiger partial charge in [-0.1, -0.05) is 146 Å². The highest BCUT2D eigenvalue weighted by Gasteiger charge is 2.23. The molecule has 3 nitrogen and oxygen atoms in total. The van der Waals surface area contributed by atoms with E-state index in [4.69, 9.17) is 4.99 Å². The fourth-order valence-corrected chi connectivity index (χ4v) is 11.2. The van der Waals surface area contributed by atoms with Crippen LogP contribution in [0.1, 0.15) is 22.9 Å². The van der Waals surface area contributed by atoms with Crippen LogP contribution in [0.15, 0.2) is 193 Å². The van der Waals surface area contributed by atoms with Crippen molar-refractivity contribution in [2.75, 3.05) is 0 Å². The Morgan fingerprint density at radius 3 is 1.88 bits per heavy atom. The predicted molar refractivity (Wildman–Crippen MR) is 245 cm³/mol. The van der Waals surface area contributed by atoms with Gasteiger partial charge in [0, 0.05) is 79.2 Å². The number of para-hydroxylation sites is 1. The van der Waals surface area contributed by atoms with Crippen molar-refractivity contribution in [3.05, 3.63) is 205 Å². The van der Waals surface area contributed by atoms with E-state index in [-0.39, 0.29) is 6.17 Å². The Balaban J connectivity index is 1.12. The van der Waals surface area contributed by atoms with E-state index < -0.39 is 0 Å². The van der Waals surface area contributed by atoms with Gasteiger partial charge in [0.15, 0.2) is 0 Å². The van der Waals surface area contributed by atoms with Crippen molar-refractivity contribution in [3.8, 4) is 16.8 Å². The molecule has 1 N–H and O–H groups in total. The fraction of sp³-hybridized carbons (Fsp3) is 0.0192. The Hall–Kier alpha value is -6.79. The van der Waals surface area contributed by atoms with Crippen molar-refractivity contribution >= 4 is 96.2 Å². The molecule has 1 aliphatic rings. The molecule has 3 aromatic heterocycles. The average molecular weight is 764 g/mol. The highest BCUT2D eigenvalue weighted by Crippen LogP contribution is 2.47. The van der Waals surface area contributed by atoms with Crippen molar-refractivity contribution in [3.63, 3.8) is 0 Å². The maximum Gasteiger partial charge on any atom is 0.145 e. The van der Waals surface area contributed by atoms with Crippen molar-refractivity contribution < 1.29 is 0 Å². The van der Waals surface area contributed by atoms with Crippen molar-refractivity contribution in [2.45, 2.75) is 6.17 Å². The number of aliphatic imine (C=N–C) groups is 1. The zero-order chi connectivity index (χ0) is 37.5. The number of allylic oxidation sites excluding steroid dienone is 1. The maximum atomic E-state index is 5.35. The first-order chi connectivity index (χ1) is 28.2. The molecular weight excluding hydrogens is 731 g/mol. The second kappa shape index (κ2) is 12.9. The summed E-state index contributed by atoms with van der Waals surface area (Å²) in [7, 11) is 0. The molecule has 1 aliphatic heterocycles. The molecule has 5 heteroatoms. The summed E-state index contributed by atoms with van der Waals surface area (Å²) < 4.78 is 7.75. The van der Waals surface area contributed by atoms with Gasteiger partial charge < -0.3 is 9.88 Å². The van der Waals surface area contributed by atoms with Gasteiger partial charge in [-0.25, -0.2) is 0 Å². The summed E-state index contributed by atoms with van der Waals surface area (Å²) in [5.41, 5.74) is 11.4. The number of rotatable bonds is 5. The normalized spacial score (nSPS) is 14.5. The van der Waals surface area contributed by atoms with E-state index in [0.29, 0.717) is 0 Å². The summed E-state index contributed by atoms with van der Waals surface area (Å²) in [6.45, 7) is 0. The highest BCUT2D eigenvalue weighted by atomic mass is 32.1. The molecule has 0 spiro atoms. The highest BCUT2D eigenvalue weighted by molar-refractivity contribution is 7.27. The lowest BCUT2D eigenvalue weighted by molar-refractivity contribution is 0.664. The fourth-order valence-electron chi connectivity index (χ4n) is 8.78. The van der Waals surface area contributed by atoms with E-state index in [9.17, 15) is 0 Å². The number of hydrogen-bond acceptors (Lipinski definition) is 4. The number of thiophene rings is 2. The van der Waals surface area contributed by atoms with Crippen LogP contribution in [-0.4, -0.2) is 10.3 Å². The van der Waals surface area contributed by atoms with Crippen LogP contribution in [0.4, 0.5) is 0 Å². The Bertz CT molecular complexity index is 3440. The summed E-state index contributed by atoms with van der Waals surface area (Å²) in [4.78, 5) is 5.35. The number of nitrogens with one attached hydrogen (secondary N) is 1. The van der Waals surface area contributed by atoms with Gasteiger partial charge in [0.05, 0.1) is 16.7 Å². The molecule has 0 saturated heterocycles. The first-order valence-electron chi connectivity index (χ1n) is 19.3. The van der Waals surface area contributed by atoms with Crippen LogP contribution >= 0.6 is 22.7 Å². The molecule has 0 saturated carbocycles. The summed E-state index contributed by atoms with van der Waals surface area (Å²) >= 11 is 3.79. The zero-order valence-corrected chi connectivity index (χ0v) is 32.3. The Morgan fingerprint density at radius 2 is 1.09 bits per heavy atom. The van der Waals surface area contributed by atoms with Gasteiger partial charge in [-0.3, -0.25) is 4.99 Å². The number of benzene rings is 8. The molecule has 8 aromatic carbocycles. The predicted octanol–water partition coefficient (Wildman–Crippen LogP) is 14.3. The number of fused-ring (bicyclic) bond motifs is 9. The number of hydrogen-bond donors (Lipinski definition) is 1. The van der Waals surface area contributed by atoms with Crippen LogP contribution in [0.5, 0.6) is 0 Å². The van der Waals surface area contributed by atoms with Crippen LogP contribution in [-0.2, 0) is 0 Å². The Morgan fingerprint density at radius 1 is 0.456 bits per heavy atom. The molecule has 268 valence electrons. The van der Waals surface area contributed by atoms with E-state index in [0.717, 1.165) is 39.3 Å². The van der Waals surface area contributed by atoms with E-state index in [2.05, 4.69) is 198 Å². The van der Waals surface area contributed by atoms with Crippen molar-refractivity contribution in [1.82, 2.24) is 9.88 Å². The third-order valence-corrected chi connectivity index (χ3v) is 13.9. The molecular formula is C52H33N3S2. The molecule has 4 heterocycles. The molecule has 0 radical (unpaired) electrons. The molecule has 12 rings (SSSR count). The molecule has 1 unspecified atom stereocenters. The Labute approximate surface area is 337 Å². The van der Waals surface area contributed by atoms with Crippen LogP contribution in [0.3, 0.4) is 0 Å². The SMILES string of the molecule is C1=C(c2ccccc2)NC(c2ccccc2)N=C1c1ccc2c3ccccc3n(-c3cc(-c4cccc5c4sc4ccccc45)c4sc5ccccc5c4c3)c2c1. The molecule has 0 amide bonds. The molecule has 0 bridgehead atoms. The summed E-state index contributed by atoms with van der Waals surface area (Å²) in [6, 6.07) is 66.1. The largest absolute Gasteiger partial charge is 0.360 e. The maximum absolute atomic E-state index is 5.35. The third-order valence-electron chi connectivity index (χ3n) is 11.4.